The van der Waals surface area contributed by atoms with Gasteiger partial charge in [-0.25, -0.2) is 0 Å². The Morgan fingerprint density at radius 1 is 1.59 bits per heavy atom. The molecule has 0 saturated carbocycles. The van der Waals surface area contributed by atoms with Gasteiger partial charge < -0.3 is 9.84 Å². The summed E-state index contributed by atoms with van der Waals surface area (Å²) in [5.74, 6) is -0.992. The van der Waals surface area contributed by atoms with Crippen molar-refractivity contribution in [3.05, 3.63) is 29.3 Å². The third kappa shape index (κ3) is 2.97. The fraction of sp³-hybridized carbons (Fsp3) is 0.385. The summed E-state index contributed by atoms with van der Waals surface area (Å²) in [5.41, 5.74) is 1.02. The van der Waals surface area contributed by atoms with E-state index in [-0.39, 0.29) is 0 Å². The molecular formula is C13H15NO3. The zero-order chi connectivity index (χ0) is 12.8. The van der Waals surface area contributed by atoms with E-state index in [0.717, 1.165) is 6.42 Å². The van der Waals surface area contributed by atoms with Gasteiger partial charge in [-0.15, -0.1) is 0 Å². The number of nitrogens with zero attached hydrogens (tertiary/aromatic N) is 1. The first kappa shape index (κ1) is 13.0. The standard InChI is InChI=1S/C13H15NO3/c1-3-4-10(13(15)16)11-7-9(8-14)5-6-12(11)17-2/h5-7,10H,3-4H2,1-2H3,(H,15,16). The van der Waals surface area contributed by atoms with Crippen LogP contribution in [-0.4, -0.2) is 18.2 Å². The van der Waals surface area contributed by atoms with E-state index < -0.39 is 11.9 Å². The molecule has 0 amide bonds. The lowest BCUT2D eigenvalue weighted by Gasteiger charge is -2.15. The maximum atomic E-state index is 11.2. The van der Waals surface area contributed by atoms with Crippen molar-refractivity contribution < 1.29 is 14.6 Å². The Kier molecular flexibility index (Phi) is 4.53. The minimum Gasteiger partial charge on any atom is -0.496 e. The van der Waals surface area contributed by atoms with Gasteiger partial charge in [-0.1, -0.05) is 13.3 Å². The van der Waals surface area contributed by atoms with Crippen LogP contribution in [0.5, 0.6) is 5.75 Å². The number of benzene rings is 1. The van der Waals surface area contributed by atoms with E-state index in [0.29, 0.717) is 23.3 Å². The second-order valence-electron chi connectivity index (χ2n) is 3.75. The maximum Gasteiger partial charge on any atom is 0.311 e. The Morgan fingerprint density at radius 2 is 2.29 bits per heavy atom. The molecular weight excluding hydrogens is 218 g/mol. The van der Waals surface area contributed by atoms with E-state index in [4.69, 9.17) is 10.00 Å². The summed E-state index contributed by atoms with van der Waals surface area (Å²) in [6.07, 6.45) is 1.29. The molecule has 0 radical (unpaired) electrons. The fourth-order valence-electron chi connectivity index (χ4n) is 1.78. The van der Waals surface area contributed by atoms with Gasteiger partial charge in [0.15, 0.2) is 0 Å². The zero-order valence-corrected chi connectivity index (χ0v) is 9.93. The van der Waals surface area contributed by atoms with Crippen LogP contribution >= 0.6 is 0 Å². The van der Waals surface area contributed by atoms with Crippen molar-refractivity contribution in [3.8, 4) is 11.8 Å². The first-order chi connectivity index (χ1) is 8.13. The van der Waals surface area contributed by atoms with E-state index in [9.17, 15) is 9.90 Å². The molecule has 0 bridgehead atoms. The van der Waals surface area contributed by atoms with Gasteiger partial charge in [-0.05, 0) is 24.6 Å². The summed E-state index contributed by atoms with van der Waals surface area (Å²) in [4.78, 5) is 11.2. The third-order valence-electron chi connectivity index (χ3n) is 2.61. The lowest BCUT2D eigenvalue weighted by Crippen LogP contribution is -2.12. The van der Waals surface area contributed by atoms with Crippen LogP contribution in [-0.2, 0) is 4.79 Å². The van der Waals surface area contributed by atoms with Gasteiger partial charge in [0.05, 0.1) is 24.7 Å². The molecule has 0 spiro atoms. The Bertz CT molecular complexity index is 448. The second kappa shape index (κ2) is 5.90. The molecule has 0 aliphatic carbocycles. The van der Waals surface area contributed by atoms with Crippen LogP contribution in [0.15, 0.2) is 18.2 Å². The Balaban J connectivity index is 3.24. The van der Waals surface area contributed by atoms with Gasteiger partial charge in [-0.2, -0.15) is 5.26 Å². The van der Waals surface area contributed by atoms with Gasteiger partial charge in [0.1, 0.15) is 5.75 Å². The molecule has 0 aliphatic heterocycles. The normalized spacial score (nSPS) is 11.6. The zero-order valence-electron chi connectivity index (χ0n) is 9.93. The first-order valence-corrected chi connectivity index (χ1v) is 5.44. The molecule has 4 nitrogen and oxygen atoms in total. The molecule has 1 unspecified atom stereocenters. The number of methoxy groups -OCH3 is 1. The molecule has 4 heteroatoms. The van der Waals surface area contributed by atoms with Gasteiger partial charge >= 0.3 is 5.97 Å². The third-order valence-corrected chi connectivity index (χ3v) is 2.61. The van der Waals surface area contributed by atoms with Crippen LogP contribution in [0.1, 0.15) is 36.8 Å². The Labute approximate surface area is 100 Å². The highest BCUT2D eigenvalue weighted by atomic mass is 16.5. The number of rotatable bonds is 5. The van der Waals surface area contributed by atoms with Crippen molar-refractivity contribution in [2.75, 3.05) is 7.11 Å². The summed E-state index contributed by atoms with van der Waals surface area (Å²) in [5, 5.41) is 18.0. The molecule has 1 N–H and O–H groups in total. The predicted octanol–water partition coefficient (Wildman–Crippen LogP) is 2.54. The molecule has 0 aromatic heterocycles. The van der Waals surface area contributed by atoms with Crippen LogP contribution in [0.3, 0.4) is 0 Å². The quantitative estimate of drug-likeness (QED) is 0.848. The number of aliphatic carboxylic acids is 1. The van der Waals surface area contributed by atoms with E-state index in [1.165, 1.54) is 7.11 Å². The van der Waals surface area contributed by atoms with E-state index in [1.807, 2.05) is 13.0 Å². The summed E-state index contributed by atoms with van der Waals surface area (Å²) < 4.78 is 5.15. The Morgan fingerprint density at radius 3 is 2.76 bits per heavy atom. The molecule has 0 heterocycles. The van der Waals surface area contributed by atoms with E-state index in [2.05, 4.69) is 0 Å². The van der Waals surface area contributed by atoms with Gasteiger partial charge in [0, 0.05) is 5.56 Å². The van der Waals surface area contributed by atoms with Crippen LogP contribution in [0.25, 0.3) is 0 Å². The number of nitriles is 1. The Hall–Kier alpha value is -2.02. The van der Waals surface area contributed by atoms with E-state index in [1.54, 1.807) is 18.2 Å². The minimum absolute atomic E-state index is 0.447. The average Bonchev–Trinajstić information content (AvgIpc) is 2.34. The van der Waals surface area contributed by atoms with Crippen molar-refractivity contribution in [1.29, 1.82) is 5.26 Å². The first-order valence-electron chi connectivity index (χ1n) is 5.44. The van der Waals surface area contributed by atoms with Crippen LogP contribution in [0.4, 0.5) is 0 Å². The number of hydrogen-bond donors (Lipinski definition) is 1. The average molecular weight is 233 g/mol. The molecule has 1 aromatic carbocycles. The molecule has 0 aliphatic rings. The molecule has 0 saturated heterocycles. The van der Waals surface area contributed by atoms with Gasteiger partial charge in [-0.3, -0.25) is 4.79 Å². The largest absolute Gasteiger partial charge is 0.496 e. The topological polar surface area (TPSA) is 70.3 Å². The number of carboxylic acids is 1. The molecule has 1 rings (SSSR count). The van der Waals surface area contributed by atoms with E-state index >= 15 is 0 Å². The smallest absolute Gasteiger partial charge is 0.311 e. The summed E-state index contributed by atoms with van der Waals surface area (Å²) >= 11 is 0. The number of hydrogen-bond acceptors (Lipinski definition) is 3. The molecule has 17 heavy (non-hydrogen) atoms. The van der Waals surface area contributed by atoms with Crippen molar-refractivity contribution in [2.24, 2.45) is 0 Å². The lowest BCUT2D eigenvalue weighted by molar-refractivity contribution is -0.139. The van der Waals surface area contributed by atoms with Crippen LogP contribution < -0.4 is 4.74 Å². The summed E-state index contributed by atoms with van der Waals surface area (Å²) in [7, 11) is 1.50. The number of carbonyl (C=O) groups is 1. The summed E-state index contributed by atoms with van der Waals surface area (Å²) in [6.45, 7) is 1.93. The van der Waals surface area contributed by atoms with Gasteiger partial charge in [0.25, 0.3) is 0 Å². The highest BCUT2D eigenvalue weighted by Gasteiger charge is 2.22. The summed E-state index contributed by atoms with van der Waals surface area (Å²) in [6, 6.07) is 6.85. The molecule has 1 aromatic rings. The SMILES string of the molecule is CCCC(C(=O)O)c1cc(C#N)ccc1OC. The monoisotopic (exact) mass is 233 g/mol. The van der Waals surface area contributed by atoms with Crippen molar-refractivity contribution >= 4 is 5.97 Å². The minimum atomic E-state index is -0.889. The van der Waals surface area contributed by atoms with Crippen molar-refractivity contribution in [1.82, 2.24) is 0 Å². The second-order valence-corrected chi connectivity index (χ2v) is 3.75. The lowest BCUT2D eigenvalue weighted by atomic mass is 9.92. The molecule has 90 valence electrons. The van der Waals surface area contributed by atoms with Gasteiger partial charge in [0.2, 0.25) is 0 Å². The number of carboxylic acid groups (broad SMARTS) is 1. The maximum absolute atomic E-state index is 11.2. The fourth-order valence-corrected chi connectivity index (χ4v) is 1.78. The predicted molar refractivity (Wildman–Crippen MR) is 63.0 cm³/mol. The van der Waals surface area contributed by atoms with Crippen LogP contribution in [0.2, 0.25) is 0 Å². The molecule has 0 fully saturated rings. The van der Waals surface area contributed by atoms with Crippen molar-refractivity contribution in [3.63, 3.8) is 0 Å². The number of ether oxygens (including phenoxy) is 1. The molecule has 1 atom stereocenters. The highest BCUT2D eigenvalue weighted by molar-refractivity contribution is 5.77. The van der Waals surface area contributed by atoms with Crippen LogP contribution in [0, 0.1) is 11.3 Å². The highest BCUT2D eigenvalue weighted by Crippen LogP contribution is 2.31. The van der Waals surface area contributed by atoms with Crippen molar-refractivity contribution in [2.45, 2.75) is 25.7 Å².